The van der Waals surface area contributed by atoms with Gasteiger partial charge in [-0.25, -0.2) is 21.2 Å². The van der Waals surface area contributed by atoms with Gasteiger partial charge in [-0.2, -0.15) is 0 Å². The van der Waals surface area contributed by atoms with Crippen LogP contribution in [0.3, 0.4) is 0 Å². The van der Waals surface area contributed by atoms with Gasteiger partial charge in [0.15, 0.2) is 0 Å². The fraction of sp³-hybridized carbons (Fsp3) is 1.00. The lowest BCUT2D eigenvalue weighted by atomic mass is 11.0. The third-order valence-electron chi connectivity index (χ3n) is 0.778. The summed E-state index contributed by atoms with van der Waals surface area (Å²) in [4.78, 5) is 0. The van der Waals surface area contributed by atoms with Crippen molar-refractivity contribution in [1.29, 1.82) is 0 Å². The van der Waals surface area contributed by atoms with Crippen LogP contribution in [0.1, 0.15) is 6.92 Å². The molecule has 0 fully saturated rings. The number of rotatable bonds is 4. The number of alkyl halides is 1. The Morgan fingerprint density at radius 2 is 1.64 bits per heavy atom. The minimum Gasteiger partial charge on any atom is -0.232 e. The summed E-state index contributed by atoms with van der Waals surface area (Å²) >= 11 is 0. The Hall–Kier alpha value is -0.210. The Kier molecular flexibility index (Phi) is 3.39. The van der Waals surface area contributed by atoms with Crippen LogP contribution in [0.5, 0.6) is 0 Å². The Labute approximate surface area is 64.7 Å². The van der Waals surface area contributed by atoms with Gasteiger partial charge in [0, 0.05) is 0 Å². The van der Waals surface area contributed by atoms with Crippen LogP contribution in [0.4, 0.5) is 4.39 Å². The van der Waals surface area contributed by atoms with Gasteiger partial charge < -0.3 is 0 Å². The average Bonchev–Trinajstić information content (AvgIpc) is 1.86. The molecule has 0 aromatic heterocycles. The molecule has 0 saturated carbocycles. The topological polar surface area (TPSA) is 80.3 Å². The summed E-state index contributed by atoms with van der Waals surface area (Å²) in [5.74, 6) is -0.397. The molecule has 0 heterocycles. The number of halogens is 1. The van der Waals surface area contributed by atoms with E-state index in [1.165, 1.54) is 11.1 Å². The molecule has 0 radical (unpaired) electrons. The molecular formula is C3H8FNO4S2. The summed E-state index contributed by atoms with van der Waals surface area (Å²) in [6, 6.07) is -1.73. The Bertz CT molecular complexity index is 272. The Morgan fingerprint density at radius 3 is 1.91 bits per heavy atom. The first-order valence-corrected chi connectivity index (χ1v) is 5.93. The summed E-state index contributed by atoms with van der Waals surface area (Å²) in [5, 5.41) is 0. The summed E-state index contributed by atoms with van der Waals surface area (Å²) in [6.45, 7) is 1.25. The lowest BCUT2D eigenvalue weighted by Gasteiger charge is -2.00. The van der Waals surface area contributed by atoms with Crippen molar-refractivity contribution in [2.24, 2.45) is 0 Å². The highest BCUT2D eigenvalue weighted by Crippen LogP contribution is 1.90. The van der Waals surface area contributed by atoms with E-state index in [-0.39, 0.29) is 0 Å². The number of hydrogen-bond acceptors (Lipinski definition) is 4. The highest BCUT2D eigenvalue weighted by atomic mass is 32.3. The predicted octanol–water partition coefficient (Wildman–Crippen LogP) is -0.818. The molecule has 0 saturated heterocycles. The number of hydrogen-bond donors (Lipinski definition) is 1. The second kappa shape index (κ2) is 3.46. The summed E-state index contributed by atoms with van der Waals surface area (Å²) < 4.78 is 54.4. The molecule has 0 atom stereocenters. The van der Waals surface area contributed by atoms with E-state index in [4.69, 9.17) is 0 Å². The highest BCUT2D eigenvalue weighted by molar-refractivity contribution is 8.04. The fourth-order valence-corrected chi connectivity index (χ4v) is 2.47. The fourth-order valence-electron chi connectivity index (χ4n) is 0.275. The second-order valence-electron chi connectivity index (χ2n) is 1.71. The molecule has 68 valence electrons. The summed E-state index contributed by atoms with van der Waals surface area (Å²) in [6.07, 6.45) is 0. The van der Waals surface area contributed by atoms with Crippen LogP contribution >= 0.6 is 0 Å². The van der Waals surface area contributed by atoms with Gasteiger partial charge in [0.25, 0.3) is 10.0 Å². The van der Waals surface area contributed by atoms with E-state index in [0.717, 1.165) is 0 Å². The van der Waals surface area contributed by atoms with Crippen LogP contribution in [0.25, 0.3) is 0 Å². The summed E-state index contributed by atoms with van der Waals surface area (Å²) in [7, 11) is -8.16. The SMILES string of the molecule is CCS(=O)(=O)NS(=O)(=O)CF. The minimum absolute atomic E-state index is 0.397. The normalized spacial score (nSPS) is 13.3. The van der Waals surface area contributed by atoms with E-state index in [1.54, 1.807) is 0 Å². The summed E-state index contributed by atoms with van der Waals surface area (Å²) in [5.41, 5.74) is 0. The van der Waals surface area contributed by atoms with Crippen LogP contribution in [-0.4, -0.2) is 28.6 Å². The van der Waals surface area contributed by atoms with Crippen LogP contribution < -0.4 is 4.13 Å². The van der Waals surface area contributed by atoms with E-state index in [0.29, 0.717) is 0 Å². The zero-order valence-corrected chi connectivity index (χ0v) is 7.37. The van der Waals surface area contributed by atoms with Crippen molar-refractivity contribution in [2.45, 2.75) is 6.92 Å². The van der Waals surface area contributed by atoms with Gasteiger partial charge in [0.2, 0.25) is 16.0 Å². The van der Waals surface area contributed by atoms with Crippen molar-refractivity contribution in [3.8, 4) is 0 Å². The standard InChI is InChI=1S/C3H8FNO4S2/c1-2-10(6,7)5-11(8,9)3-4/h5H,2-3H2,1H3. The van der Waals surface area contributed by atoms with E-state index in [1.807, 2.05) is 0 Å². The molecule has 11 heavy (non-hydrogen) atoms. The van der Waals surface area contributed by atoms with Crippen LogP contribution in [0.2, 0.25) is 0 Å². The molecule has 0 aliphatic carbocycles. The van der Waals surface area contributed by atoms with Crippen molar-refractivity contribution in [1.82, 2.24) is 4.13 Å². The van der Waals surface area contributed by atoms with Crippen molar-refractivity contribution >= 4 is 20.0 Å². The third-order valence-corrected chi connectivity index (χ3v) is 3.86. The van der Waals surface area contributed by atoms with Crippen molar-refractivity contribution in [2.75, 3.05) is 11.8 Å². The van der Waals surface area contributed by atoms with Gasteiger partial charge in [-0.3, -0.25) is 0 Å². The van der Waals surface area contributed by atoms with Crippen LogP contribution in [-0.2, 0) is 20.0 Å². The quantitative estimate of drug-likeness (QED) is 0.650. The van der Waals surface area contributed by atoms with E-state index in [2.05, 4.69) is 0 Å². The highest BCUT2D eigenvalue weighted by Gasteiger charge is 2.17. The monoisotopic (exact) mass is 205 g/mol. The van der Waals surface area contributed by atoms with Gasteiger partial charge in [-0.15, -0.1) is 4.13 Å². The Balaban J connectivity index is 4.54. The molecule has 0 rings (SSSR count). The molecule has 0 amide bonds. The van der Waals surface area contributed by atoms with Gasteiger partial charge in [0.05, 0.1) is 5.75 Å². The molecular weight excluding hydrogens is 197 g/mol. The number of nitrogens with one attached hydrogen (secondary N) is 1. The molecule has 0 unspecified atom stereocenters. The maximum atomic E-state index is 11.5. The molecule has 0 aliphatic rings. The molecule has 5 nitrogen and oxygen atoms in total. The van der Waals surface area contributed by atoms with Gasteiger partial charge in [-0.1, -0.05) is 0 Å². The zero-order chi connectivity index (χ0) is 9.12. The average molecular weight is 205 g/mol. The van der Waals surface area contributed by atoms with Crippen molar-refractivity contribution in [3.05, 3.63) is 0 Å². The predicted molar refractivity (Wildman–Crippen MR) is 37.5 cm³/mol. The molecule has 0 aromatic rings. The maximum absolute atomic E-state index is 11.5. The molecule has 1 N–H and O–H groups in total. The third kappa shape index (κ3) is 4.27. The van der Waals surface area contributed by atoms with Crippen LogP contribution in [0.15, 0.2) is 0 Å². The second-order valence-corrected chi connectivity index (χ2v) is 5.63. The molecule has 0 bridgehead atoms. The van der Waals surface area contributed by atoms with E-state index < -0.39 is 31.8 Å². The lowest BCUT2D eigenvalue weighted by molar-refractivity contribution is 0.529. The Morgan fingerprint density at radius 1 is 1.18 bits per heavy atom. The zero-order valence-electron chi connectivity index (χ0n) is 5.74. The molecule has 0 aromatic carbocycles. The largest absolute Gasteiger partial charge is 0.253 e. The molecule has 8 heteroatoms. The van der Waals surface area contributed by atoms with E-state index >= 15 is 0 Å². The van der Waals surface area contributed by atoms with Gasteiger partial charge >= 0.3 is 0 Å². The first-order chi connectivity index (χ1) is 4.83. The minimum atomic E-state index is -4.29. The first kappa shape index (κ1) is 10.8. The lowest BCUT2D eigenvalue weighted by Crippen LogP contribution is -2.32. The van der Waals surface area contributed by atoms with E-state index in [9.17, 15) is 21.2 Å². The van der Waals surface area contributed by atoms with Crippen molar-refractivity contribution in [3.63, 3.8) is 0 Å². The smallest absolute Gasteiger partial charge is 0.232 e. The van der Waals surface area contributed by atoms with Crippen LogP contribution in [0, 0.1) is 0 Å². The molecule has 0 aliphatic heterocycles. The first-order valence-electron chi connectivity index (χ1n) is 2.63. The number of sulfonamides is 2. The maximum Gasteiger partial charge on any atom is 0.253 e. The van der Waals surface area contributed by atoms with Gasteiger partial charge in [0.1, 0.15) is 0 Å². The van der Waals surface area contributed by atoms with Crippen molar-refractivity contribution < 1.29 is 21.2 Å². The van der Waals surface area contributed by atoms with Gasteiger partial charge in [-0.05, 0) is 6.92 Å². The molecule has 0 spiro atoms.